The average molecular weight is 394 g/mol. The van der Waals surface area contributed by atoms with E-state index in [-0.39, 0.29) is 6.54 Å². The number of aliphatic hydroxyl groups is 2. The number of amides is 1. The molecule has 0 aromatic carbocycles. The molecule has 0 aromatic heterocycles. The Balaban J connectivity index is 2.64. The van der Waals surface area contributed by atoms with Gasteiger partial charge >= 0.3 is 0 Å². The lowest BCUT2D eigenvalue weighted by Gasteiger charge is -2.30. The van der Waals surface area contributed by atoms with E-state index < -0.39 is 46.5 Å². The average Bonchev–Trinajstić information content (AvgIpc) is 2.57. The van der Waals surface area contributed by atoms with E-state index in [9.17, 15) is 23.4 Å². The van der Waals surface area contributed by atoms with Crippen molar-refractivity contribution in [3.63, 3.8) is 0 Å². The molecule has 9 heteroatoms. The van der Waals surface area contributed by atoms with Gasteiger partial charge in [0, 0.05) is 12.6 Å². The highest BCUT2D eigenvalue weighted by Gasteiger charge is 2.33. The molecule has 0 saturated heterocycles. The van der Waals surface area contributed by atoms with Crippen molar-refractivity contribution in [2.75, 3.05) is 18.8 Å². The summed E-state index contributed by atoms with van der Waals surface area (Å²) >= 11 is 0. The van der Waals surface area contributed by atoms with Gasteiger partial charge in [0.1, 0.15) is 0 Å². The van der Waals surface area contributed by atoms with Crippen LogP contribution in [0.4, 0.5) is 0 Å². The third-order valence-electron chi connectivity index (χ3n) is 5.03. The maximum absolute atomic E-state index is 12.5. The third kappa shape index (κ3) is 7.87. The molecule has 1 fully saturated rings. The number of carbonyl (C=O) groups is 1. The van der Waals surface area contributed by atoms with E-state index >= 15 is 0 Å². The van der Waals surface area contributed by atoms with Gasteiger partial charge in [-0.1, -0.05) is 45.4 Å². The highest BCUT2D eigenvalue weighted by Crippen LogP contribution is 2.28. The molecule has 0 heterocycles. The Kier molecular flexibility index (Phi) is 10.0. The first-order valence-corrected chi connectivity index (χ1v) is 11.2. The van der Waals surface area contributed by atoms with Crippen LogP contribution in [0.3, 0.4) is 0 Å². The minimum Gasteiger partial charge on any atom is -0.389 e. The van der Waals surface area contributed by atoms with Crippen molar-refractivity contribution in [3.05, 3.63) is 0 Å². The Hall–Kier alpha value is -0.740. The molecule has 0 radical (unpaired) electrons. The Bertz CT molecular complexity index is 522. The smallest absolute Gasteiger partial charge is 0.232 e. The SMILES string of the molecule is CCCCN(CC(N)=O)S(=O)(=O)CC(O)C(O)C(N)CC1CCCCC1. The second-order valence-electron chi connectivity index (χ2n) is 7.39. The molecule has 8 nitrogen and oxygen atoms in total. The van der Waals surface area contributed by atoms with Crippen molar-refractivity contribution in [1.29, 1.82) is 0 Å². The van der Waals surface area contributed by atoms with Crippen LogP contribution in [0.1, 0.15) is 58.3 Å². The van der Waals surface area contributed by atoms with Crippen LogP contribution < -0.4 is 11.5 Å². The van der Waals surface area contributed by atoms with Gasteiger partial charge in [0.25, 0.3) is 0 Å². The van der Waals surface area contributed by atoms with Gasteiger partial charge in [0.2, 0.25) is 15.9 Å². The summed E-state index contributed by atoms with van der Waals surface area (Å²) in [6.45, 7) is 1.62. The molecule has 0 aliphatic heterocycles. The Morgan fingerprint density at radius 1 is 1.23 bits per heavy atom. The van der Waals surface area contributed by atoms with Crippen LogP contribution in [0.25, 0.3) is 0 Å². The van der Waals surface area contributed by atoms with Crippen LogP contribution in [-0.2, 0) is 14.8 Å². The van der Waals surface area contributed by atoms with E-state index in [1.54, 1.807) is 0 Å². The molecule has 1 aliphatic carbocycles. The van der Waals surface area contributed by atoms with Crippen LogP contribution in [-0.4, -0.2) is 65.9 Å². The summed E-state index contributed by atoms with van der Waals surface area (Å²) in [5, 5.41) is 20.5. The molecule has 0 aromatic rings. The lowest BCUT2D eigenvalue weighted by molar-refractivity contribution is -0.118. The molecule has 0 bridgehead atoms. The van der Waals surface area contributed by atoms with Crippen molar-refractivity contribution >= 4 is 15.9 Å². The molecule has 1 aliphatic rings. The van der Waals surface area contributed by atoms with Crippen LogP contribution in [0.2, 0.25) is 0 Å². The summed E-state index contributed by atoms with van der Waals surface area (Å²) in [5.41, 5.74) is 11.1. The molecule has 3 atom stereocenters. The number of nitrogens with two attached hydrogens (primary N) is 2. The molecule has 3 unspecified atom stereocenters. The van der Waals surface area contributed by atoms with Gasteiger partial charge in [-0.15, -0.1) is 0 Å². The third-order valence-corrected chi connectivity index (χ3v) is 6.89. The normalized spacial score (nSPS) is 20.0. The van der Waals surface area contributed by atoms with E-state index in [1.165, 1.54) is 6.42 Å². The first-order chi connectivity index (χ1) is 12.2. The molecule has 6 N–H and O–H groups in total. The van der Waals surface area contributed by atoms with E-state index in [0.717, 1.165) is 36.4 Å². The molecule has 1 saturated carbocycles. The zero-order valence-corrected chi connectivity index (χ0v) is 16.5. The van der Waals surface area contributed by atoms with Gasteiger partial charge in [0.15, 0.2) is 0 Å². The summed E-state index contributed by atoms with van der Waals surface area (Å²) < 4.78 is 26.0. The van der Waals surface area contributed by atoms with E-state index in [2.05, 4.69) is 0 Å². The van der Waals surface area contributed by atoms with Gasteiger partial charge in [-0.2, -0.15) is 4.31 Å². The van der Waals surface area contributed by atoms with Crippen molar-refractivity contribution in [2.24, 2.45) is 17.4 Å². The summed E-state index contributed by atoms with van der Waals surface area (Å²) in [5.74, 6) is -1.02. The Morgan fingerprint density at radius 3 is 2.38 bits per heavy atom. The maximum atomic E-state index is 12.5. The number of nitrogens with zero attached hydrogens (tertiary/aromatic N) is 1. The highest BCUT2D eigenvalue weighted by atomic mass is 32.2. The van der Waals surface area contributed by atoms with Gasteiger partial charge in [0.05, 0.1) is 24.5 Å². The second-order valence-corrected chi connectivity index (χ2v) is 9.41. The van der Waals surface area contributed by atoms with Crippen LogP contribution in [0.5, 0.6) is 0 Å². The zero-order chi connectivity index (χ0) is 19.7. The predicted octanol–water partition coefficient (Wildman–Crippen LogP) is -0.0769. The standard InChI is InChI=1S/C17H35N3O5S/c1-2-3-9-20(11-16(19)22)26(24,25)12-15(21)17(23)14(18)10-13-7-5-4-6-8-13/h13-15,17,21,23H,2-12,18H2,1H3,(H2,19,22). The Morgan fingerprint density at radius 2 is 1.85 bits per heavy atom. The minimum atomic E-state index is -3.93. The molecule has 1 amide bonds. The van der Waals surface area contributed by atoms with E-state index in [1.807, 2.05) is 6.92 Å². The topological polar surface area (TPSA) is 147 Å². The maximum Gasteiger partial charge on any atom is 0.232 e. The summed E-state index contributed by atoms with van der Waals surface area (Å²) in [6, 6.07) is -0.677. The van der Waals surface area contributed by atoms with Crippen molar-refractivity contribution in [2.45, 2.75) is 76.5 Å². The summed E-state index contributed by atoms with van der Waals surface area (Å²) in [6.07, 6.45) is 4.67. The fourth-order valence-electron chi connectivity index (χ4n) is 3.48. The molecule has 0 spiro atoms. The summed E-state index contributed by atoms with van der Waals surface area (Å²) in [7, 11) is -3.93. The number of primary amides is 1. The first kappa shape index (κ1) is 23.3. The number of sulfonamides is 1. The largest absolute Gasteiger partial charge is 0.389 e. The van der Waals surface area contributed by atoms with Crippen LogP contribution >= 0.6 is 0 Å². The lowest BCUT2D eigenvalue weighted by atomic mass is 9.83. The van der Waals surface area contributed by atoms with Gasteiger partial charge in [-0.05, 0) is 18.8 Å². The Labute approximate surface area is 157 Å². The van der Waals surface area contributed by atoms with Crippen molar-refractivity contribution in [1.82, 2.24) is 4.31 Å². The van der Waals surface area contributed by atoms with Crippen LogP contribution in [0, 0.1) is 5.92 Å². The first-order valence-electron chi connectivity index (χ1n) is 9.55. The lowest BCUT2D eigenvalue weighted by Crippen LogP contribution is -2.49. The van der Waals surface area contributed by atoms with Gasteiger partial charge in [-0.3, -0.25) is 4.79 Å². The van der Waals surface area contributed by atoms with Crippen molar-refractivity contribution in [3.8, 4) is 0 Å². The van der Waals surface area contributed by atoms with Crippen molar-refractivity contribution < 1.29 is 23.4 Å². The fourth-order valence-corrected chi connectivity index (χ4v) is 5.05. The molecule has 1 rings (SSSR count). The minimum absolute atomic E-state index is 0.152. The number of rotatable bonds is 12. The number of aliphatic hydroxyl groups excluding tert-OH is 2. The molecule has 154 valence electrons. The summed E-state index contributed by atoms with van der Waals surface area (Å²) in [4.78, 5) is 11.2. The van der Waals surface area contributed by atoms with Gasteiger partial charge in [-0.25, -0.2) is 8.42 Å². The predicted molar refractivity (Wildman–Crippen MR) is 101 cm³/mol. The van der Waals surface area contributed by atoms with E-state index in [0.29, 0.717) is 18.8 Å². The van der Waals surface area contributed by atoms with Crippen LogP contribution in [0.15, 0.2) is 0 Å². The monoisotopic (exact) mass is 393 g/mol. The van der Waals surface area contributed by atoms with E-state index in [4.69, 9.17) is 11.5 Å². The highest BCUT2D eigenvalue weighted by molar-refractivity contribution is 7.89. The number of unbranched alkanes of at least 4 members (excludes halogenated alkanes) is 1. The molecular formula is C17H35N3O5S. The number of hydrogen-bond donors (Lipinski definition) is 4. The number of hydrogen-bond acceptors (Lipinski definition) is 6. The zero-order valence-electron chi connectivity index (χ0n) is 15.7. The fraction of sp³-hybridized carbons (Fsp3) is 0.941. The number of carbonyl (C=O) groups excluding carboxylic acids is 1. The molecular weight excluding hydrogens is 358 g/mol. The molecule has 26 heavy (non-hydrogen) atoms. The quantitative estimate of drug-likeness (QED) is 0.365. The van der Waals surface area contributed by atoms with Gasteiger partial charge < -0.3 is 21.7 Å². The second kappa shape index (κ2) is 11.2.